The molecule has 0 saturated carbocycles. The molecule has 0 unspecified atom stereocenters. The van der Waals surface area contributed by atoms with Crippen molar-refractivity contribution in [1.82, 2.24) is 0 Å². The zero-order valence-corrected chi connectivity index (χ0v) is 12.6. The van der Waals surface area contributed by atoms with Crippen LogP contribution < -0.4 is 9.31 Å². The third kappa shape index (κ3) is 2.39. The number of thiophene rings is 2. The second kappa shape index (κ2) is 5.43. The molecule has 2 heterocycles. The molecule has 2 aromatic carbocycles. The van der Waals surface area contributed by atoms with E-state index in [0.29, 0.717) is 0 Å². The van der Waals surface area contributed by atoms with Gasteiger partial charge in [0.15, 0.2) is 0 Å². The number of benzene rings is 2. The molecular weight excluding hydrogens is 299 g/mol. The van der Waals surface area contributed by atoms with Gasteiger partial charge in [0, 0.05) is 20.2 Å². The van der Waals surface area contributed by atoms with E-state index in [-0.39, 0.29) is 0 Å². The molecule has 2 aromatic heterocycles. The first-order chi connectivity index (χ1) is 10.4. The molecule has 4 aromatic rings. The number of rotatable bonds is 4. The molecule has 0 aliphatic heterocycles. The number of fused-ring (bicyclic) bond motifs is 2. The van der Waals surface area contributed by atoms with Gasteiger partial charge in [0.25, 0.3) is 0 Å². The van der Waals surface area contributed by atoms with Gasteiger partial charge in [0.2, 0.25) is 0 Å². The lowest BCUT2D eigenvalue weighted by Crippen LogP contribution is -2.11. The highest BCUT2D eigenvalue weighted by Crippen LogP contribution is 2.31. The van der Waals surface area contributed by atoms with Crippen molar-refractivity contribution in [1.29, 1.82) is 0 Å². The topological polar surface area (TPSA) is 18.5 Å². The van der Waals surface area contributed by atoms with Crippen LogP contribution in [-0.4, -0.2) is 7.69 Å². The average molecular weight is 309 g/mol. The van der Waals surface area contributed by atoms with Gasteiger partial charge in [-0.2, -0.15) is 0 Å². The lowest BCUT2D eigenvalue weighted by Gasteiger charge is -2.08. The molecule has 0 saturated heterocycles. The number of hydrogen-bond donors (Lipinski definition) is 0. The van der Waals surface area contributed by atoms with E-state index in [1.54, 1.807) is 22.7 Å². The molecule has 0 N–H and O–H groups in total. The highest BCUT2D eigenvalue weighted by atomic mass is 32.1. The standard InChI is InChI=1S/C16H10BO2S2/c1-3-13(11-7-9-20-15(11)5-1)18-17-19-14-4-2-6-16-12(14)8-10-21-16/h1-10H. The normalized spacial score (nSPS) is 10.9. The Kier molecular flexibility index (Phi) is 3.29. The summed E-state index contributed by atoms with van der Waals surface area (Å²) in [7, 11) is 1.40. The minimum absolute atomic E-state index is 0.811. The minimum atomic E-state index is 0.811. The van der Waals surface area contributed by atoms with Crippen LogP contribution in [0.25, 0.3) is 20.2 Å². The van der Waals surface area contributed by atoms with Crippen LogP contribution in [0.15, 0.2) is 59.3 Å². The highest BCUT2D eigenvalue weighted by Gasteiger charge is 2.08. The maximum absolute atomic E-state index is 5.67. The fraction of sp³-hybridized carbons (Fsp3) is 0. The monoisotopic (exact) mass is 309 g/mol. The van der Waals surface area contributed by atoms with Crippen molar-refractivity contribution in [2.24, 2.45) is 0 Å². The zero-order valence-electron chi connectivity index (χ0n) is 11.0. The maximum atomic E-state index is 5.67. The molecule has 21 heavy (non-hydrogen) atoms. The smallest absolute Gasteiger partial charge is 0.526 e. The largest absolute Gasteiger partial charge is 0.658 e. The Morgan fingerprint density at radius 2 is 1.19 bits per heavy atom. The molecular formula is C16H10BO2S2. The molecule has 5 heteroatoms. The first-order valence-electron chi connectivity index (χ1n) is 6.49. The minimum Gasteiger partial charge on any atom is -0.526 e. The van der Waals surface area contributed by atoms with E-state index in [2.05, 4.69) is 35.0 Å². The molecule has 1 radical (unpaired) electrons. The molecule has 0 amide bonds. The summed E-state index contributed by atoms with van der Waals surface area (Å²) >= 11 is 3.40. The van der Waals surface area contributed by atoms with Crippen molar-refractivity contribution in [3.05, 3.63) is 59.3 Å². The molecule has 4 rings (SSSR count). The Bertz CT molecular complexity index is 823. The van der Waals surface area contributed by atoms with Gasteiger partial charge >= 0.3 is 7.69 Å². The predicted octanol–water partition coefficient (Wildman–Crippen LogP) is 5.11. The van der Waals surface area contributed by atoms with Gasteiger partial charge in [-0.15, -0.1) is 22.7 Å². The fourth-order valence-electron chi connectivity index (χ4n) is 2.27. The molecule has 0 spiro atoms. The van der Waals surface area contributed by atoms with Gasteiger partial charge in [0.1, 0.15) is 11.5 Å². The van der Waals surface area contributed by atoms with Gasteiger partial charge in [-0.3, -0.25) is 0 Å². The van der Waals surface area contributed by atoms with Crippen LogP contribution in [-0.2, 0) is 0 Å². The average Bonchev–Trinajstić information content (AvgIpc) is 3.16. The van der Waals surface area contributed by atoms with Crippen LogP contribution in [0, 0.1) is 0 Å². The van der Waals surface area contributed by atoms with Gasteiger partial charge in [-0.1, -0.05) is 12.1 Å². The molecule has 0 fully saturated rings. The Hall–Kier alpha value is -1.98. The van der Waals surface area contributed by atoms with Crippen LogP contribution in [0.5, 0.6) is 11.5 Å². The third-order valence-electron chi connectivity index (χ3n) is 3.26. The van der Waals surface area contributed by atoms with Gasteiger partial charge < -0.3 is 9.31 Å². The summed E-state index contributed by atoms with van der Waals surface area (Å²) in [5, 5.41) is 6.33. The Morgan fingerprint density at radius 3 is 1.71 bits per heavy atom. The molecule has 0 aliphatic rings. The van der Waals surface area contributed by atoms with E-state index in [1.165, 1.54) is 17.1 Å². The zero-order chi connectivity index (χ0) is 14.1. The van der Waals surface area contributed by atoms with Gasteiger partial charge in [-0.25, -0.2) is 0 Å². The number of hydrogen-bond acceptors (Lipinski definition) is 4. The third-order valence-corrected chi connectivity index (χ3v) is 5.03. The lowest BCUT2D eigenvalue weighted by atomic mass is 10.2. The van der Waals surface area contributed by atoms with Gasteiger partial charge in [-0.05, 0) is 47.2 Å². The molecule has 0 atom stereocenters. The first kappa shape index (κ1) is 12.7. The van der Waals surface area contributed by atoms with Crippen molar-refractivity contribution >= 4 is 50.5 Å². The van der Waals surface area contributed by atoms with E-state index in [0.717, 1.165) is 22.3 Å². The quantitative estimate of drug-likeness (QED) is 0.488. The van der Waals surface area contributed by atoms with Crippen molar-refractivity contribution in [2.45, 2.75) is 0 Å². The Morgan fingerprint density at radius 1 is 0.667 bits per heavy atom. The van der Waals surface area contributed by atoms with E-state index in [4.69, 9.17) is 9.31 Å². The van der Waals surface area contributed by atoms with E-state index >= 15 is 0 Å². The highest BCUT2D eigenvalue weighted by molar-refractivity contribution is 7.17. The van der Waals surface area contributed by atoms with Gasteiger partial charge in [0.05, 0.1) is 0 Å². The fourth-order valence-corrected chi connectivity index (χ4v) is 3.87. The predicted molar refractivity (Wildman–Crippen MR) is 90.7 cm³/mol. The summed E-state index contributed by atoms with van der Waals surface area (Å²) in [6.07, 6.45) is 0. The van der Waals surface area contributed by atoms with Crippen molar-refractivity contribution in [3.63, 3.8) is 0 Å². The summed E-state index contributed by atoms with van der Waals surface area (Å²) in [4.78, 5) is 0. The molecule has 0 aliphatic carbocycles. The van der Waals surface area contributed by atoms with Crippen molar-refractivity contribution in [3.8, 4) is 11.5 Å². The van der Waals surface area contributed by atoms with Crippen LogP contribution >= 0.6 is 22.7 Å². The molecule has 101 valence electrons. The maximum Gasteiger partial charge on any atom is 0.658 e. The van der Waals surface area contributed by atoms with Crippen molar-refractivity contribution < 1.29 is 9.31 Å². The van der Waals surface area contributed by atoms with E-state index in [9.17, 15) is 0 Å². The van der Waals surface area contributed by atoms with Crippen LogP contribution in [0.3, 0.4) is 0 Å². The van der Waals surface area contributed by atoms with Crippen molar-refractivity contribution in [2.75, 3.05) is 0 Å². The second-order valence-electron chi connectivity index (χ2n) is 4.51. The van der Waals surface area contributed by atoms with E-state index in [1.807, 2.05) is 24.3 Å². The SMILES string of the molecule is [B](Oc1cccc2sccc12)Oc1cccc2sccc12. The second-order valence-corrected chi connectivity index (χ2v) is 6.40. The summed E-state index contributed by atoms with van der Waals surface area (Å²) < 4.78 is 13.8. The van der Waals surface area contributed by atoms with Crippen LogP contribution in [0.4, 0.5) is 0 Å². The van der Waals surface area contributed by atoms with E-state index < -0.39 is 0 Å². The summed E-state index contributed by atoms with van der Waals surface area (Å²) in [5.74, 6) is 1.62. The summed E-state index contributed by atoms with van der Waals surface area (Å²) in [6.45, 7) is 0. The first-order valence-corrected chi connectivity index (χ1v) is 8.25. The van der Waals surface area contributed by atoms with Crippen LogP contribution in [0.1, 0.15) is 0 Å². The Balaban J connectivity index is 1.53. The summed E-state index contributed by atoms with van der Waals surface area (Å²) in [6, 6.07) is 16.1. The van der Waals surface area contributed by atoms with Crippen LogP contribution in [0.2, 0.25) is 0 Å². The summed E-state index contributed by atoms with van der Waals surface area (Å²) in [5.41, 5.74) is 0. The Labute approximate surface area is 130 Å². The molecule has 0 bridgehead atoms. The molecule has 2 nitrogen and oxygen atoms in total. The lowest BCUT2D eigenvalue weighted by molar-refractivity contribution is 0.465.